The number of sulfone groups is 1. The summed E-state index contributed by atoms with van der Waals surface area (Å²) < 4.78 is 65.6. The molecule has 0 aromatic heterocycles. The average Bonchev–Trinajstić information content (AvgIpc) is 2.87. The Kier molecular flexibility index (Phi) is 8.48. The van der Waals surface area contributed by atoms with Crippen molar-refractivity contribution in [1.82, 2.24) is 4.90 Å². The molecule has 0 unspecified atom stereocenters. The molecule has 0 fully saturated rings. The molecular weight excluding hydrogens is 537 g/mol. The van der Waals surface area contributed by atoms with Crippen LogP contribution in [0.15, 0.2) is 58.8 Å². The number of amides is 2. The smallest absolute Gasteiger partial charge is 0.396 e. The number of halogens is 3. The summed E-state index contributed by atoms with van der Waals surface area (Å²) in [5, 5.41) is 18.4. The van der Waals surface area contributed by atoms with Crippen LogP contribution in [-0.4, -0.2) is 49.6 Å². The standard InChI is InChI=1S/C26H23F3N4O5S/c1-16-23(31-2)24(21-10-9-17(14-30)12-22(21)39(3,37)38)32(15-20(35)8-5-11-34)25(36)33(16)19-7-4-6-18(13-19)26(27,28)29/h4,6-7,9-10,12-13,24,34H,5,8,11,15H2,1,3H3/t24-/m1/s1. The van der Waals surface area contributed by atoms with E-state index in [4.69, 9.17) is 11.7 Å². The van der Waals surface area contributed by atoms with E-state index in [1.54, 1.807) is 0 Å². The zero-order chi connectivity index (χ0) is 29.1. The number of nitrogens with zero attached hydrogens (tertiary/aromatic N) is 4. The molecule has 2 aromatic rings. The minimum Gasteiger partial charge on any atom is -0.396 e. The number of carbonyl (C=O) groups is 2. The first-order valence-electron chi connectivity index (χ1n) is 11.5. The fraction of sp³-hybridized carbons (Fsp3) is 0.308. The van der Waals surface area contributed by atoms with Crippen molar-refractivity contribution in [2.45, 2.75) is 36.9 Å². The average molecular weight is 561 g/mol. The van der Waals surface area contributed by atoms with Gasteiger partial charge in [-0.15, -0.1) is 0 Å². The number of rotatable bonds is 8. The largest absolute Gasteiger partial charge is 0.416 e. The lowest BCUT2D eigenvalue weighted by Gasteiger charge is -2.42. The Labute approximate surface area is 223 Å². The predicted molar refractivity (Wildman–Crippen MR) is 134 cm³/mol. The van der Waals surface area contributed by atoms with Crippen molar-refractivity contribution < 1.29 is 36.3 Å². The van der Waals surface area contributed by atoms with Crippen LogP contribution in [0.4, 0.5) is 23.7 Å². The van der Waals surface area contributed by atoms with Crippen LogP contribution in [-0.2, 0) is 20.8 Å². The van der Waals surface area contributed by atoms with E-state index in [-0.39, 0.29) is 52.6 Å². The molecular formula is C26H23F3N4O5S. The molecule has 13 heteroatoms. The zero-order valence-corrected chi connectivity index (χ0v) is 21.7. The Hall–Kier alpha value is -4.20. The molecule has 2 amide bonds. The van der Waals surface area contributed by atoms with Gasteiger partial charge in [-0.1, -0.05) is 12.1 Å². The van der Waals surface area contributed by atoms with Crippen LogP contribution in [0.25, 0.3) is 4.85 Å². The van der Waals surface area contributed by atoms with Gasteiger partial charge >= 0.3 is 12.2 Å². The number of hydrogen-bond donors (Lipinski definition) is 1. The van der Waals surface area contributed by atoms with Gasteiger partial charge in [0.05, 0.1) is 41.3 Å². The van der Waals surface area contributed by atoms with Gasteiger partial charge in [-0.25, -0.2) is 18.1 Å². The molecule has 9 nitrogen and oxygen atoms in total. The molecule has 0 saturated heterocycles. The summed E-state index contributed by atoms with van der Waals surface area (Å²) >= 11 is 0. The van der Waals surface area contributed by atoms with Gasteiger partial charge in [0.2, 0.25) is 5.70 Å². The predicted octanol–water partition coefficient (Wildman–Crippen LogP) is 4.46. The van der Waals surface area contributed by atoms with Gasteiger partial charge in [0.25, 0.3) is 0 Å². The van der Waals surface area contributed by atoms with Crippen LogP contribution < -0.4 is 4.90 Å². The Bertz CT molecular complexity index is 1540. The maximum atomic E-state index is 13.9. The van der Waals surface area contributed by atoms with Crippen molar-refractivity contribution in [3.8, 4) is 6.07 Å². The summed E-state index contributed by atoms with van der Waals surface area (Å²) in [6.07, 6.45) is -3.89. The van der Waals surface area contributed by atoms with Crippen LogP contribution in [0, 0.1) is 17.9 Å². The highest BCUT2D eigenvalue weighted by Gasteiger charge is 2.43. The number of aliphatic hydroxyl groups excluding tert-OH is 1. The number of alkyl halides is 3. The molecule has 1 heterocycles. The van der Waals surface area contributed by atoms with E-state index in [1.807, 2.05) is 6.07 Å². The molecule has 2 aromatic carbocycles. The van der Waals surface area contributed by atoms with Gasteiger partial charge in [0.15, 0.2) is 15.6 Å². The van der Waals surface area contributed by atoms with Crippen molar-refractivity contribution in [3.05, 3.63) is 82.0 Å². The third kappa shape index (κ3) is 6.11. The van der Waals surface area contributed by atoms with Gasteiger partial charge in [0.1, 0.15) is 0 Å². The number of carbonyl (C=O) groups excluding carboxylic acids is 2. The maximum absolute atomic E-state index is 13.9. The van der Waals surface area contributed by atoms with Crippen LogP contribution in [0.1, 0.15) is 42.5 Å². The fourth-order valence-electron chi connectivity index (χ4n) is 4.28. The number of urea groups is 1. The summed E-state index contributed by atoms with van der Waals surface area (Å²) in [6, 6.07) is 7.05. The maximum Gasteiger partial charge on any atom is 0.416 e. The van der Waals surface area contributed by atoms with Crippen LogP contribution in [0.5, 0.6) is 0 Å². The van der Waals surface area contributed by atoms with Crippen LogP contribution in [0.2, 0.25) is 0 Å². The van der Waals surface area contributed by atoms with Gasteiger partial charge in [-0.3, -0.25) is 9.69 Å². The summed E-state index contributed by atoms with van der Waals surface area (Å²) in [5.74, 6) is -0.523. The van der Waals surface area contributed by atoms with E-state index in [0.29, 0.717) is 0 Å². The van der Waals surface area contributed by atoms with Gasteiger partial charge in [-0.05, 0) is 49.2 Å². The monoisotopic (exact) mass is 560 g/mol. The number of nitriles is 1. The van der Waals surface area contributed by atoms with Gasteiger partial charge in [0, 0.05) is 30.7 Å². The fourth-order valence-corrected chi connectivity index (χ4v) is 5.23. The molecule has 0 saturated carbocycles. The number of aliphatic hydroxyl groups is 1. The summed E-state index contributed by atoms with van der Waals surface area (Å²) in [5.41, 5.74) is -1.54. The first-order chi connectivity index (χ1) is 18.2. The normalized spacial score (nSPS) is 16.2. The van der Waals surface area contributed by atoms with E-state index in [2.05, 4.69) is 4.85 Å². The molecule has 0 aliphatic carbocycles. The summed E-state index contributed by atoms with van der Waals surface area (Å²) in [6.45, 7) is 8.28. The van der Waals surface area contributed by atoms with Crippen molar-refractivity contribution >= 4 is 27.3 Å². The lowest BCUT2D eigenvalue weighted by atomic mass is 9.96. The molecule has 39 heavy (non-hydrogen) atoms. The van der Waals surface area contributed by atoms with E-state index >= 15 is 0 Å². The molecule has 0 spiro atoms. The number of anilines is 1. The van der Waals surface area contributed by atoms with E-state index in [9.17, 15) is 36.4 Å². The Morgan fingerprint density at radius 2 is 1.92 bits per heavy atom. The Morgan fingerprint density at radius 1 is 1.23 bits per heavy atom. The molecule has 1 N–H and O–H groups in total. The lowest BCUT2D eigenvalue weighted by molar-refractivity contribution is -0.137. The van der Waals surface area contributed by atoms with Crippen molar-refractivity contribution in [3.63, 3.8) is 0 Å². The quantitative estimate of drug-likeness (QED) is 0.476. The Morgan fingerprint density at radius 3 is 2.49 bits per heavy atom. The van der Waals surface area contributed by atoms with Crippen molar-refractivity contribution in [2.75, 3.05) is 24.3 Å². The highest BCUT2D eigenvalue weighted by atomic mass is 32.2. The number of Topliss-reactive ketones (excluding diaryl/α,β-unsaturated/α-hetero) is 1. The van der Waals surface area contributed by atoms with Crippen molar-refractivity contribution in [2.24, 2.45) is 0 Å². The van der Waals surface area contributed by atoms with Gasteiger partial charge < -0.3 is 10.0 Å². The van der Waals surface area contributed by atoms with Gasteiger partial charge in [-0.2, -0.15) is 18.4 Å². The second-order valence-corrected chi connectivity index (χ2v) is 10.8. The minimum atomic E-state index is -4.72. The van der Waals surface area contributed by atoms with Crippen molar-refractivity contribution in [1.29, 1.82) is 5.26 Å². The van der Waals surface area contributed by atoms with Crippen LogP contribution in [0.3, 0.4) is 0 Å². The summed E-state index contributed by atoms with van der Waals surface area (Å²) in [4.78, 5) is 31.6. The molecule has 1 aliphatic rings. The topological polar surface area (TPSA) is 123 Å². The zero-order valence-electron chi connectivity index (χ0n) is 20.9. The molecule has 3 rings (SSSR count). The first-order valence-corrected chi connectivity index (χ1v) is 13.4. The Balaban J connectivity index is 2.32. The van der Waals surface area contributed by atoms with E-state index < -0.39 is 46.0 Å². The summed E-state index contributed by atoms with van der Waals surface area (Å²) in [7, 11) is -4.01. The first kappa shape index (κ1) is 29.4. The third-order valence-corrected chi connectivity index (χ3v) is 7.22. The van der Waals surface area contributed by atoms with Crippen LogP contribution >= 0.6 is 0 Å². The highest BCUT2D eigenvalue weighted by molar-refractivity contribution is 7.90. The van der Waals surface area contributed by atoms with E-state index in [0.717, 1.165) is 40.3 Å². The number of allylic oxidation sites excluding steroid dienone is 1. The lowest BCUT2D eigenvalue weighted by Crippen LogP contribution is -2.51. The third-order valence-electron chi connectivity index (χ3n) is 6.06. The minimum absolute atomic E-state index is 0.00235. The number of hydrogen-bond acceptors (Lipinski definition) is 6. The number of ketones is 1. The molecule has 0 bridgehead atoms. The second kappa shape index (κ2) is 11.3. The highest BCUT2D eigenvalue weighted by Crippen LogP contribution is 2.43. The molecule has 0 radical (unpaired) electrons. The molecule has 204 valence electrons. The number of benzene rings is 2. The molecule has 1 atom stereocenters. The molecule has 1 aliphatic heterocycles. The second-order valence-electron chi connectivity index (χ2n) is 8.78. The van der Waals surface area contributed by atoms with E-state index in [1.165, 1.54) is 25.1 Å². The SMILES string of the molecule is [C-]#[N+]C1=C(C)N(c2cccc(C(F)(F)F)c2)C(=O)N(CC(=O)CCCO)[C@@H]1c1ccc(C#N)cc1S(C)(=O)=O.